The van der Waals surface area contributed by atoms with Crippen molar-refractivity contribution >= 4 is 17.5 Å². The molecule has 2 amide bonds. The first-order chi connectivity index (χ1) is 14.5. The van der Waals surface area contributed by atoms with E-state index in [4.69, 9.17) is 4.42 Å². The summed E-state index contributed by atoms with van der Waals surface area (Å²) in [7, 11) is 0. The molecule has 0 unspecified atom stereocenters. The molecule has 5 heteroatoms. The number of nitrogens with one attached hydrogen (secondary N) is 1. The number of rotatable bonds is 6. The van der Waals surface area contributed by atoms with E-state index in [-0.39, 0.29) is 23.1 Å². The molecule has 31 heavy (non-hydrogen) atoms. The monoisotopic (exact) mass is 424 g/mol. The van der Waals surface area contributed by atoms with Crippen LogP contribution in [-0.4, -0.2) is 23.3 Å². The first-order valence-corrected chi connectivity index (χ1v) is 11.3. The van der Waals surface area contributed by atoms with Crippen LogP contribution in [0.3, 0.4) is 0 Å². The van der Waals surface area contributed by atoms with Gasteiger partial charge in [-0.25, -0.2) is 0 Å². The Morgan fingerprint density at radius 1 is 1.16 bits per heavy atom. The number of amides is 2. The summed E-state index contributed by atoms with van der Waals surface area (Å²) >= 11 is 0. The van der Waals surface area contributed by atoms with Gasteiger partial charge in [-0.2, -0.15) is 0 Å². The van der Waals surface area contributed by atoms with Gasteiger partial charge in [0.1, 0.15) is 11.5 Å². The van der Waals surface area contributed by atoms with Crippen molar-refractivity contribution in [1.82, 2.24) is 4.90 Å². The molecule has 0 saturated carbocycles. The van der Waals surface area contributed by atoms with E-state index in [0.29, 0.717) is 25.4 Å². The SMILES string of the molecule is CC(C)C(=O)N1CCc2oc(-c3cccc(NC(=O)C[C@@H](C)CC(C)(C)C)c3)cc2C1. The Bertz CT molecular complexity index is 936. The molecule has 2 aromatic rings. The Morgan fingerprint density at radius 3 is 2.58 bits per heavy atom. The molecule has 1 aromatic carbocycles. The minimum absolute atomic E-state index is 0.000619. The number of carbonyl (C=O) groups excluding carboxylic acids is 2. The Hall–Kier alpha value is -2.56. The van der Waals surface area contributed by atoms with Crippen molar-refractivity contribution in [2.75, 3.05) is 11.9 Å². The molecule has 1 atom stereocenters. The number of nitrogens with zero attached hydrogens (tertiary/aromatic N) is 1. The fraction of sp³-hybridized carbons (Fsp3) is 0.538. The molecular formula is C26H36N2O3. The summed E-state index contributed by atoms with van der Waals surface area (Å²) in [6.45, 7) is 13.9. The standard InChI is InChI=1S/C26H36N2O3/c1-17(2)25(30)28-11-10-22-20(16-28)14-23(31-22)19-8-7-9-21(13-19)27-24(29)12-18(3)15-26(4,5)6/h7-9,13-14,17-18H,10-12,15-16H2,1-6H3,(H,27,29)/t18-/m1/s1. The van der Waals surface area contributed by atoms with Crippen molar-refractivity contribution in [2.45, 2.75) is 67.3 Å². The van der Waals surface area contributed by atoms with Gasteiger partial charge in [0.25, 0.3) is 0 Å². The maximum atomic E-state index is 12.5. The lowest BCUT2D eigenvalue weighted by atomic mass is 9.84. The smallest absolute Gasteiger partial charge is 0.225 e. The van der Waals surface area contributed by atoms with Gasteiger partial charge in [-0.15, -0.1) is 0 Å². The molecule has 3 rings (SSSR count). The maximum Gasteiger partial charge on any atom is 0.225 e. The highest BCUT2D eigenvalue weighted by atomic mass is 16.3. The molecule has 0 aliphatic carbocycles. The summed E-state index contributed by atoms with van der Waals surface area (Å²) in [4.78, 5) is 26.7. The number of hydrogen-bond acceptors (Lipinski definition) is 3. The minimum atomic E-state index is -0.000619. The van der Waals surface area contributed by atoms with Gasteiger partial charge >= 0.3 is 0 Å². The summed E-state index contributed by atoms with van der Waals surface area (Å²) in [5.74, 6) is 2.28. The second-order valence-electron chi connectivity index (χ2n) is 10.4. The van der Waals surface area contributed by atoms with Crippen molar-refractivity contribution in [3.63, 3.8) is 0 Å². The molecular weight excluding hydrogens is 388 g/mol. The van der Waals surface area contributed by atoms with Crippen LogP contribution in [0.5, 0.6) is 0 Å². The van der Waals surface area contributed by atoms with Crippen LogP contribution >= 0.6 is 0 Å². The van der Waals surface area contributed by atoms with Crippen LogP contribution in [0.2, 0.25) is 0 Å². The van der Waals surface area contributed by atoms with E-state index in [0.717, 1.165) is 41.2 Å². The summed E-state index contributed by atoms with van der Waals surface area (Å²) < 4.78 is 6.11. The Labute approximate surface area is 186 Å². The number of furan rings is 1. The van der Waals surface area contributed by atoms with Crippen molar-refractivity contribution in [1.29, 1.82) is 0 Å². The predicted molar refractivity (Wildman–Crippen MR) is 125 cm³/mol. The van der Waals surface area contributed by atoms with E-state index in [1.807, 2.05) is 49.1 Å². The third kappa shape index (κ3) is 6.22. The van der Waals surface area contributed by atoms with Crippen LogP contribution in [0.25, 0.3) is 11.3 Å². The first kappa shape index (κ1) is 23.1. The molecule has 168 valence electrons. The zero-order valence-electron chi connectivity index (χ0n) is 19.7. The second kappa shape index (κ2) is 9.29. The third-order valence-electron chi connectivity index (χ3n) is 5.60. The second-order valence-corrected chi connectivity index (χ2v) is 10.4. The van der Waals surface area contributed by atoms with Gasteiger partial charge in [0.2, 0.25) is 11.8 Å². The molecule has 5 nitrogen and oxygen atoms in total. The van der Waals surface area contributed by atoms with Gasteiger partial charge in [-0.3, -0.25) is 9.59 Å². The predicted octanol–water partition coefficient (Wildman–Crippen LogP) is 5.89. The van der Waals surface area contributed by atoms with E-state index in [2.05, 4.69) is 33.0 Å². The largest absolute Gasteiger partial charge is 0.461 e. The normalized spacial score (nSPS) is 15.0. The molecule has 0 radical (unpaired) electrons. The Balaban J connectivity index is 1.67. The average molecular weight is 425 g/mol. The topological polar surface area (TPSA) is 62.6 Å². The van der Waals surface area contributed by atoms with E-state index >= 15 is 0 Å². The van der Waals surface area contributed by atoms with Crippen LogP contribution in [-0.2, 0) is 22.6 Å². The molecule has 0 spiro atoms. The Morgan fingerprint density at radius 2 is 1.90 bits per heavy atom. The summed E-state index contributed by atoms with van der Waals surface area (Å²) in [6.07, 6.45) is 2.25. The highest BCUT2D eigenvalue weighted by Gasteiger charge is 2.26. The number of carbonyl (C=O) groups is 2. The molecule has 2 heterocycles. The maximum absolute atomic E-state index is 12.5. The lowest BCUT2D eigenvalue weighted by Gasteiger charge is -2.27. The molecule has 1 aliphatic rings. The van der Waals surface area contributed by atoms with Crippen LogP contribution < -0.4 is 5.32 Å². The van der Waals surface area contributed by atoms with Crippen molar-refractivity contribution in [3.8, 4) is 11.3 Å². The number of fused-ring (bicyclic) bond motifs is 1. The van der Waals surface area contributed by atoms with Crippen molar-refractivity contribution in [2.24, 2.45) is 17.3 Å². The fourth-order valence-corrected chi connectivity index (χ4v) is 4.42. The molecule has 1 N–H and O–H groups in total. The summed E-state index contributed by atoms with van der Waals surface area (Å²) in [6, 6.07) is 9.80. The molecule has 0 bridgehead atoms. The number of hydrogen-bond donors (Lipinski definition) is 1. The first-order valence-electron chi connectivity index (χ1n) is 11.3. The number of benzene rings is 1. The van der Waals surface area contributed by atoms with Gasteiger partial charge in [0.05, 0.1) is 0 Å². The number of anilines is 1. The summed E-state index contributed by atoms with van der Waals surface area (Å²) in [5, 5.41) is 3.03. The highest BCUT2D eigenvalue weighted by molar-refractivity contribution is 5.91. The van der Waals surface area contributed by atoms with Gasteiger partial charge in [0, 0.05) is 48.7 Å². The minimum Gasteiger partial charge on any atom is -0.461 e. The molecule has 0 saturated heterocycles. The van der Waals surface area contributed by atoms with E-state index in [1.54, 1.807) is 0 Å². The average Bonchev–Trinajstić information content (AvgIpc) is 3.09. The zero-order chi connectivity index (χ0) is 22.8. The van der Waals surface area contributed by atoms with Crippen molar-refractivity contribution in [3.05, 3.63) is 41.7 Å². The zero-order valence-corrected chi connectivity index (χ0v) is 19.7. The molecule has 0 fully saturated rings. The highest BCUT2D eigenvalue weighted by Crippen LogP contribution is 2.31. The van der Waals surface area contributed by atoms with Crippen LogP contribution in [0.4, 0.5) is 5.69 Å². The quantitative estimate of drug-likeness (QED) is 0.629. The van der Waals surface area contributed by atoms with Crippen LogP contribution in [0.15, 0.2) is 34.7 Å². The van der Waals surface area contributed by atoms with Crippen LogP contribution in [0.1, 0.15) is 65.7 Å². The van der Waals surface area contributed by atoms with Gasteiger partial charge in [-0.05, 0) is 36.0 Å². The third-order valence-corrected chi connectivity index (χ3v) is 5.60. The van der Waals surface area contributed by atoms with E-state index in [1.165, 1.54) is 0 Å². The van der Waals surface area contributed by atoms with Crippen LogP contribution in [0, 0.1) is 17.3 Å². The fourth-order valence-electron chi connectivity index (χ4n) is 4.42. The van der Waals surface area contributed by atoms with Gasteiger partial charge < -0.3 is 14.6 Å². The summed E-state index contributed by atoms with van der Waals surface area (Å²) in [5.41, 5.74) is 2.99. The lowest BCUT2D eigenvalue weighted by Crippen LogP contribution is -2.37. The Kier molecular flexibility index (Phi) is 6.93. The molecule has 1 aliphatic heterocycles. The van der Waals surface area contributed by atoms with E-state index < -0.39 is 0 Å². The van der Waals surface area contributed by atoms with Gasteiger partial charge in [-0.1, -0.05) is 53.7 Å². The lowest BCUT2D eigenvalue weighted by molar-refractivity contribution is -0.135. The van der Waals surface area contributed by atoms with Crippen molar-refractivity contribution < 1.29 is 14.0 Å². The molecule has 1 aromatic heterocycles. The van der Waals surface area contributed by atoms with E-state index in [9.17, 15) is 9.59 Å². The van der Waals surface area contributed by atoms with Gasteiger partial charge in [0.15, 0.2) is 0 Å².